The van der Waals surface area contributed by atoms with Gasteiger partial charge in [-0.05, 0) is 55.3 Å². The van der Waals surface area contributed by atoms with Crippen molar-refractivity contribution >= 4 is 52.6 Å². The molecular formula is C30H31Cl2N7O4. The van der Waals surface area contributed by atoms with Crippen molar-refractivity contribution in [3.63, 3.8) is 0 Å². The number of likely N-dealkylation sites (tertiary alicyclic amines) is 1. The molecule has 1 aliphatic rings. The van der Waals surface area contributed by atoms with Crippen molar-refractivity contribution in [1.29, 1.82) is 0 Å². The molecule has 3 heterocycles. The van der Waals surface area contributed by atoms with Gasteiger partial charge in [0.25, 0.3) is 0 Å². The van der Waals surface area contributed by atoms with Gasteiger partial charge in [0.1, 0.15) is 33.9 Å². The molecule has 13 heteroatoms. The number of urea groups is 2. The fourth-order valence-electron chi connectivity index (χ4n) is 4.38. The molecule has 0 atom stereocenters. The standard InChI is InChI=1S/C30H31Cl2N7O4/c1-30(2,3)23-17-25(39(37-23)18-6-8-19(40)9-7-18)36-28(41)34-21-10-11-22(27(32)26(21)31)43-20-12-13-33-24(16-20)35-29(42)38-14-4-5-15-38/h6-13,16-17,40H,4-5,14-15H2,1-3H3,(H,33,35,42)(H2,34,36,41). The van der Waals surface area contributed by atoms with E-state index in [-0.39, 0.29) is 38.7 Å². The van der Waals surface area contributed by atoms with Gasteiger partial charge < -0.3 is 20.1 Å². The molecule has 0 aliphatic carbocycles. The zero-order chi connectivity index (χ0) is 30.7. The maximum absolute atomic E-state index is 13.1. The van der Waals surface area contributed by atoms with Gasteiger partial charge in [-0.3, -0.25) is 10.6 Å². The van der Waals surface area contributed by atoms with Gasteiger partial charge in [-0.25, -0.2) is 19.3 Å². The third kappa shape index (κ3) is 7.12. The normalized spacial score (nSPS) is 13.1. The number of nitrogens with one attached hydrogen (secondary N) is 3. The molecule has 0 saturated carbocycles. The number of aromatic nitrogens is 3. The van der Waals surface area contributed by atoms with E-state index in [1.165, 1.54) is 6.20 Å². The monoisotopic (exact) mass is 623 g/mol. The van der Waals surface area contributed by atoms with Crippen LogP contribution in [0.1, 0.15) is 39.3 Å². The number of pyridine rings is 1. The summed E-state index contributed by atoms with van der Waals surface area (Å²) in [5, 5.41) is 22.8. The number of hydrogen-bond acceptors (Lipinski definition) is 6. The van der Waals surface area contributed by atoms with Crippen molar-refractivity contribution in [3.8, 4) is 22.9 Å². The molecule has 11 nitrogen and oxygen atoms in total. The maximum atomic E-state index is 13.1. The molecule has 2 aromatic heterocycles. The topological polar surface area (TPSA) is 134 Å². The Morgan fingerprint density at radius 3 is 2.35 bits per heavy atom. The summed E-state index contributed by atoms with van der Waals surface area (Å²) in [6.45, 7) is 7.48. The van der Waals surface area contributed by atoms with Crippen LogP contribution in [0.15, 0.2) is 60.8 Å². The predicted molar refractivity (Wildman–Crippen MR) is 167 cm³/mol. The minimum absolute atomic E-state index is 0.0772. The fourth-order valence-corrected chi connectivity index (χ4v) is 4.79. The van der Waals surface area contributed by atoms with E-state index in [0.29, 0.717) is 36.2 Å². The van der Waals surface area contributed by atoms with Crippen molar-refractivity contribution in [2.24, 2.45) is 0 Å². The van der Waals surface area contributed by atoms with Crippen molar-refractivity contribution in [2.75, 3.05) is 29.0 Å². The Labute approximate surface area is 258 Å². The van der Waals surface area contributed by atoms with Gasteiger partial charge in [-0.2, -0.15) is 5.10 Å². The summed E-state index contributed by atoms with van der Waals surface area (Å²) in [5.41, 5.74) is 1.39. The second-order valence-electron chi connectivity index (χ2n) is 11.0. The van der Waals surface area contributed by atoms with Gasteiger partial charge in [0.2, 0.25) is 0 Å². The molecule has 0 unspecified atom stereocenters. The lowest BCUT2D eigenvalue weighted by Gasteiger charge is -2.16. The molecule has 1 fully saturated rings. The number of carbonyl (C=O) groups is 2. The van der Waals surface area contributed by atoms with Gasteiger partial charge >= 0.3 is 12.1 Å². The second-order valence-corrected chi connectivity index (χ2v) is 11.8. The van der Waals surface area contributed by atoms with Crippen LogP contribution < -0.4 is 20.7 Å². The van der Waals surface area contributed by atoms with E-state index >= 15 is 0 Å². The minimum atomic E-state index is -0.570. The van der Waals surface area contributed by atoms with E-state index in [1.807, 2.05) is 20.8 Å². The zero-order valence-corrected chi connectivity index (χ0v) is 25.3. The van der Waals surface area contributed by atoms with Gasteiger partial charge in [-0.15, -0.1) is 0 Å². The highest BCUT2D eigenvalue weighted by molar-refractivity contribution is 6.45. The Hall–Kier alpha value is -4.48. The number of benzene rings is 2. The van der Waals surface area contributed by atoms with E-state index in [1.54, 1.807) is 64.2 Å². The van der Waals surface area contributed by atoms with Crippen LogP contribution in [0.25, 0.3) is 5.69 Å². The smallest absolute Gasteiger partial charge is 0.324 e. The largest absolute Gasteiger partial charge is 0.508 e. The zero-order valence-electron chi connectivity index (χ0n) is 23.8. The van der Waals surface area contributed by atoms with E-state index < -0.39 is 6.03 Å². The first-order chi connectivity index (χ1) is 20.5. The van der Waals surface area contributed by atoms with Crippen molar-refractivity contribution < 1.29 is 19.4 Å². The lowest BCUT2D eigenvalue weighted by atomic mass is 9.92. The van der Waals surface area contributed by atoms with Crippen LogP contribution in [0, 0.1) is 0 Å². The predicted octanol–water partition coefficient (Wildman–Crippen LogP) is 7.64. The molecule has 5 rings (SSSR count). The number of hydrogen-bond donors (Lipinski definition) is 4. The number of phenolic OH excluding ortho intramolecular Hbond substituents is 1. The molecule has 224 valence electrons. The molecule has 4 aromatic rings. The number of carbonyl (C=O) groups excluding carboxylic acids is 2. The summed E-state index contributed by atoms with van der Waals surface area (Å²) in [7, 11) is 0. The van der Waals surface area contributed by atoms with Crippen LogP contribution in [-0.4, -0.2) is 49.9 Å². The van der Waals surface area contributed by atoms with E-state index in [4.69, 9.17) is 27.9 Å². The maximum Gasteiger partial charge on any atom is 0.324 e. The number of rotatable bonds is 6. The number of halogens is 2. The van der Waals surface area contributed by atoms with Gasteiger partial charge in [-0.1, -0.05) is 44.0 Å². The lowest BCUT2D eigenvalue weighted by Crippen LogP contribution is -2.32. The van der Waals surface area contributed by atoms with Crippen LogP contribution in [0.4, 0.5) is 26.9 Å². The summed E-state index contributed by atoms with van der Waals surface area (Å²) in [6.07, 6.45) is 3.48. The Morgan fingerprint density at radius 2 is 1.65 bits per heavy atom. The quantitative estimate of drug-likeness (QED) is 0.174. The van der Waals surface area contributed by atoms with Crippen LogP contribution in [0.5, 0.6) is 17.2 Å². The Bertz CT molecular complexity index is 1650. The summed E-state index contributed by atoms with van der Waals surface area (Å²) in [5.74, 6) is 1.52. The van der Waals surface area contributed by atoms with E-state index in [9.17, 15) is 14.7 Å². The highest BCUT2D eigenvalue weighted by Gasteiger charge is 2.23. The molecule has 43 heavy (non-hydrogen) atoms. The average molecular weight is 625 g/mol. The lowest BCUT2D eigenvalue weighted by molar-refractivity contribution is 0.222. The third-order valence-electron chi connectivity index (χ3n) is 6.70. The average Bonchev–Trinajstić information content (AvgIpc) is 3.65. The van der Waals surface area contributed by atoms with Crippen LogP contribution >= 0.6 is 23.2 Å². The van der Waals surface area contributed by atoms with Crippen molar-refractivity contribution in [1.82, 2.24) is 19.7 Å². The minimum Gasteiger partial charge on any atom is -0.508 e. The molecule has 2 aromatic carbocycles. The van der Waals surface area contributed by atoms with Gasteiger partial charge in [0.15, 0.2) is 0 Å². The first-order valence-electron chi connectivity index (χ1n) is 13.6. The Morgan fingerprint density at radius 1 is 0.930 bits per heavy atom. The molecule has 1 aliphatic heterocycles. The molecule has 4 N–H and O–H groups in total. The number of aromatic hydroxyl groups is 1. The SMILES string of the molecule is CC(C)(C)c1cc(NC(=O)Nc2ccc(Oc3ccnc(NC(=O)N4CCCC4)c3)c(Cl)c2Cl)n(-c2ccc(O)cc2)n1. The van der Waals surface area contributed by atoms with Crippen molar-refractivity contribution in [2.45, 2.75) is 39.0 Å². The molecule has 0 radical (unpaired) electrons. The number of nitrogens with zero attached hydrogens (tertiary/aromatic N) is 4. The summed E-state index contributed by atoms with van der Waals surface area (Å²) < 4.78 is 7.51. The summed E-state index contributed by atoms with van der Waals surface area (Å²) in [4.78, 5) is 31.4. The Balaban J connectivity index is 1.29. The molecule has 0 bridgehead atoms. The van der Waals surface area contributed by atoms with Crippen LogP contribution in [0.3, 0.4) is 0 Å². The van der Waals surface area contributed by atoms with Crippen LogP contribution in [-0.2, 0) is 5.41 Å². The first-order valence-corrected chi connectivity index (χ1v) is 14.4. The van der Waals surface area contributed by atoms with E-state index in [0.717, 1.165) is 18.5 Å². The third-order valence-corrected chi connectivity index (χ3v) is 7.56. The highest BCUT2D eigenvalue weighted by Crippen LogP contribution is 2.40. The molecular weight excluding hydrogens is 593 g/mol. The van der Waals surface area contributed by atoms with Gasteiger partial charge in [0, 0.05) is 36.8 Å². The summed E-state index contributed by atoms with van der Waals surface area (Å²) in [6, 6.07) is 13.8. The first kappa shape index (κ1) is 30.0. The molecule has 1 saturated heterocycles. The van der Waals surface area contributed by atoms with Crippen LogP contribution in [0.2, 0.25) is 10.0 Å². The number of amides is 4. The van der Waals surface area contributed by atoms with Gasteiger partial charge in [0.05, 0.1) is 22.1 Å². The highest BCUT2D eigenvalue weighted by atomic mass is 35.5. The van der Waals surface area contributed by atoms with E-state index in [2.05, 4.69) is 26.0 Å². The van der Waals surface area contributed by atoms with Crippen molar-refractivity contribution in [3.05, 3.63) is 76.5 Å². The molecule has 4 amide bonds. The fraction of sp³-hybridized carbons (Fsp3) is 0.267. The number of phenols is 1. The summed E-state index contributed by atoms with van der Waals surface area (Å²) >= 11 is 13.0. The Kier molecular flexibility index (Phi) is 8.65. The second kappa shape index (κ2) is 12.4. The number of anilines is 3. The number of ether oxygens (including phenoxy) is 1. The molecule has 0 spiro atoms.